The average Bonchev–Trinajstić information content (AvgIpc) is 3.15. The number of nitrogens with one attached hydrogen (secondary N) is 1. The van der Waals surface area contributed by atoms with Crippen LogP contribution in [0.3, 0.4) is 0 Å². The monoisotopic (exact) mass is 361 g/mol. The summed E-state index contributed by atoms with van der Waals surface area (Å²) in [4.78, 5) is 25.3. The standard InChI is InChI=1S/C21H35N3O2/c1-20(2,3)19(25)26-24-13-11-21(12-14-24,17-7-5-4-6-8-17)10-9-18-15-22-16-23-18/h15-17H,4-14H2,1-3H3,(H,22,23). The minimum atomic E-state index is -0.446. The Kier molecular flexibility index (Phi) is 6.06. The summed E-state index contributed by atoms with van der Waals surface area (Å²) in [6.07, 6.45) is 15.1. The zero-order chi connectivity index (χ0) is 18.6. The number of imidazole rings is 1. The molecule has 1 aromatic rings. The lowest BCUT2D eigenvalue weighted by molar-refractivity contribution is -0.212. The van der Waals surface area contributed by atoms with Crippen LogP contribution in [0.4, 0.5) is 0 Å². The van der Waals surface area contributed by atoms with Crippen molar-refractivity contribution in [3.63, 3.8) is 0 Å². The van der Waals surface area contributed by atoms with Crippen molar-refractivity contribution >= 4 is 5.97 Å². The molecule has 26 heavy (non-hydrogen) atoms. The maximum Gasteiger partial charge on any atom is 0.330 e. The molecule has 1 N–H and O–H groups in total. The number of nitrogens with zero attached hydrogens (tertiary/aromatic N) is 2. The second-order valence-corrected chi connectivity index (χ2v) is 9.33. The highest BCUT2D eigenvalue weighted by atomic mass is 16.7. The van der Waals surface area contributed by atoms with Crippen LogP contribution in [0.15, 0.2) is 12.5 Å². The topological polar surface area (TPSA) is 58.2 Å². The number of carbonyl (C=O) groups is 1. The van der Waals surface area contributed by atoms with Crippen LogP contribution >= 0.6 is 0 Å². The highest BCUT2D eigenvalue weighted by Crippen LogP contribution is 2.48. The Morgan fingerprint density at radius 2 is 1.96 bits per heavy atom. The van der Waals surface area contributed by atoms with Crippen molar-refractivity contribution in [1.82, 2.24) is 15.0 Å². The Morgan fingerprint density at radius 3 is 2.54 bits per heavy atom. The Bertz CT molecular complexity index is 563. The number of hydrogen-bond donors (Lipinski definition) is 1. The average molecular weight is 362 g/mol. The highest BCUT2D eigenvalue weighted by molar-refractivity contribution is 5.75. The molecule has 2 aliphatic rings. The van der Waals surface area contributed by atoms with E-state index in [9.17, 15) is 4.79 Å². The van der Waals surface area contributed by atoms with Crippen molar-refractivity contribution in [3.05, 3.63) is 18.2 Å². The highest BCUT2D eigenvalue weighted by Gasteiger charge is 2.42. The third kappa shape index (κ3) is 4.67. The third-order valence-electron chi connectivity index (χ3n) is 6.46. The maximum atomic E-state index is 12.2. The quantitative estimate of drug-likeness (QED) is 0.838. The van der Waals surface area contributed by atoms with Crippen LogP contribution < -0.4 is 0 Å². The molecule has 3 rings (SSSR count). The van der Waals surface area contributed by atoms with Crippen molar-refractivity contribution < 1.29 is 9.63 Å². The second-order valence-electron chi connectivity index (χ2n) is 9.33. The number of rotatable bonds is 5. The predicted octanol–water partition coefficient (Wildman–Crippen LogP) is 4.51. The van der Waals surface area contributed by atoms with E-state index >= 15 is 0 Å². The summed E-state index contributed by atoms with van der Waals surface area (Å²) in [5.74, 6) is 0.694. The van der Waals surface area contributed by atoms with E-state index in [0.717, 1.165) is 38.3 Å². The molecule has 5 nitrogen and oxygen atoms in total. The zero-order valence-corrected chi connectivity index (χ0v) is 16.7. The van der Waals surface area contributed by atoms with Gasteiger partial charge in [-0.2, -0.15) is 0 Å². The van der Waals surface area contributed by atoms with Crippen LogP contribution in [-0.4, -0.2) is 34.1 Å². The molecular weight excluding hydrogens is 326 g/mol. The third-order valence-corrected chi connectivity index (χ3v) is 6.46. The molecule has 2 heterocycles. The Labute approximate surface area is 157 Å². The van der Waals surface area contributed by atoms with Crippen molar-refractivity contribution in [2.24, 2.45) is 16.7 Å². The van der Waals surface area contributed by atoms with Crippen molar-refractivity contribution in [2.45, 2.75) is 78.6 Å². The van der Waals surface area contributed by atoms with Gasteiger partial charge in [0, 0.05) is 25.0 Å². The number of aromatic amines is 1. The molecule has 0 radical (unpaired) electrons. The molecule has 1 saturated carbocycles. The normalized spacial score (nSPS) is 22.3. The summed E-state index contributed by atoms with van der Waals surface area (Å²) >= 11 is 0. The molecule has 0 aromatic carbocycles. The molecule has 0 spiro atoms. The van der Waals surface area contributed by atoms with Gasteiger partial charge in [0.1, 0.15) is 0 Å². The van der Waals surface area contributed by atoms with E-state index in [1.165, 1.54) is 44.2 Å². The fraction of sp³-hybridized carbons (Fsp3) is 0.810. The lowest BCUT2D eigenvalue weighted by Crippen LogP contribution is -2.46. The van der Waals surface area contributed by atoms with Gasteiger partial charge in [0.05, 0.1) is 11.7 Å². The molecule has 1 aliphatic carbocycles. The summed E-state index contributed by atoms with van der Waals surface area (Å²) in [5, 5.41) is 1.91. The van der Waals surface area contributed by atoms with Crippen LogP contribution in [0.25, 0.3) is 0 Å². The minimum absolute atomic E-state index is 0.125. The molecule has 1 saturated heterocycles. The van der Waals surface area contributed by atoms with Crippen molar-refractivity contribution in [1.29, 1.82) is 0 Å². The van der Waals surface area contributed by atoms with Crippen LogP contribution in [0.2, 0.25) is 0 Å². The lowest BCUT2D eigenvalue weighted by Gasteiger charge is -2.48. The van der Waals surface area contributed by atoms with Gasteiger partial charge in [-0.05, 0) is 70.6 Å². The molecular formula is C21H35N3O2. The van der Waals surface area contributed by atoms with Crippen LogP contribution in [0.5, 0.6) is 0 Å². The summed E-state index contributed by atoms with van der Waals surface area (Å²) < 4.78 is 0. The van der Waals surface area contributed by atoms with Crippen LogP contribution in [0, 0.1) is 16.7 Å². The molecule has 1 aliphatic heterocycles. The van der Waals surface area contributed by atoms with E-state index in [1.54, 1.807) is 6.33 Å². The van der Waals surface area contributed by atoms with E-state index in [4.69, 9.17) is 4.84 Å². The van der Waals surface area contributed by atoms with Gasteiger partial charge in [-0.3, -0.25) is 0 Å². The van der Waals surface area contributed by atoms with Gasteiger partial charge in [-0.15, -0.1) is 5.06 Å². The molecule has 5 heteroatoms. The summed E-state index contributed by atoms with van der Waals surface area (Å²) in [5.41, 5.74) is 1.18. The van der Waals surface area contributed by atoms with Crippen molar-refractivity contribution in [3.8, 4) is 0 Å². The number of piperidine rings is 1. The minimum Gasteiger partial charge on any atom is -0.367 e. The summed E-state index contributed by atoms with van der Waals surface area (Å²) in [6.45, 7) is 7.46. The predicted molar refractivity (Wildman–Crippen MR) is 102 cm³/mol. The number of H-pyrrole nitrogens is 1. The van der Waals surface area contributed by atoms with Gasteiger partial charge in [0.25, 0.3) is 0 Å². The second kappa shape index (κ2) is 8.12. The van der Waals surface area contributed by atoms with Gasteiger partial charge in [-0.1, -0.05) is 19.3 Å². The first-order valence-corrected chi connectivity index (χ1v) is 10.3. The molecule has 146 valence electrons. The Balaban J connectivity index is 1.63. The lowest BCUT2D eigenvalue weighted by atomic mass is 9.62. The van der Waals surface area contributed by atoms with Gasteiger partial charge in [-0.25, -0.2) is 9.78 Å². The molecule has 0 amide bonds. The SMILES string of the molecule is CC(C)(C)C(=O)ON1CCC(CCc2cnc[nH]2)(C2CCCCC2)CC1. The molecule has 2 fully saturated rings. The Morgan fingerprint density at radius 1 is 1.27 bits per heavy atom. The molecule has 0 bridgehead atoms. The van der Waals surface area contributed by atoms with E-state index in [0.29, 0.717) is 5.41 Å². The number of carbonyl (C=O) groups excluding carboxylic acids is 1. The fourth-order valence-corrected chi connectivity index (χ4v) is 4.66. The number of hydrogen-bond acceptors (Lipinski definition) is 4. The number of aryl methyl sites for hydroxylation is 1. The molecule has 1 aromatic heterocycles. The van der Waals surface area contributed by atoms with E-state index in [2.05, 4.69) is 9.97 Å². The molecule has 0 atom stereocenters. The van der Waals surface area contributed by atoms with Gasteiger partial charge >= 0.3 is 5.97 Å². The van der Waals surface area contributed by atoms with Gasteiger partial charge in [0.15, 0.2) is 0 Å². The summed E-state index contributed by atoms with van der Waals surface area (Å²) in [6, 6.07) is 0. The Hall–Kier alpha value is -1.36. The van der Waals surface area contributed by atoms with Gasteiger partial charge < -0.3 is 9.82 Å². The first-order valence-electron chi connectivity index (χ1n) is 10.3. The van der Waals surface area contributed by atoms with Crippen LogP contribution in [-0.2, 0) is 16.1 Å². The van der Waals surface area contributed by atoms with E-state index in [-0.39, 0.29) is 5.97 Å². The van der Waals surface area contributed by atoms with E-state index < -0.39 is 5.41 Å². The summed E-state index contributed by atoms with van der Waals surface area (Å²) in [7, 11) is 0. The van der Waals surface area contributed by atoms with E-state index in [1.807, 2.05) is 32.0 Å². The largest absolute Gasteiger partial charge is 0.367 e. The van der Waals surface area contributed by atoms with Crippen molar-refractivity contribution in [2.75, 3.05) is 13.1 Å². The van der Waals surface area contributed by atoms with Crippen LogP contribution in [0.1, 0.15) is 77.8 Å². The zero-order valence-electron chi connectivity index (χ0n) is 16.7. The fourth-order valence-electron chi connectivity index (χ4n) is 4.66. The maximum absolute atomic E-state index is 12.2. The number of hydroxylamine groups is 2. The molecule has 0 unspecified atom stereocenters. The number of aromatic nitrogens is 2. The van der Waals surface area contributed by atoms with Gasteiger partial charge in [0.2, 0.25) is 0 Å². The first-order chi connectivity index (χ1) is 12.4. The smallest absolute Gasteiger partial charge is 0.330 e. The first kappa shape index (κ1) is 19.4.